The molecule has 22 heavy (non-hydrogen) atoms. The highest BCUT2D eigenvalue weighted by Gasteiger charge is 2.12. The molecule has 108 valence electrons. The number of rotatable bonds is 3. The summed E-state index contributed by atoms with van der Waals surface area (Å²) in [6.45, 7) is 0. The lowest BCUT2D eigenvalue weighted by Gasteiger charge is -2.06. The van der Waals surface area contributed by atoms with Crippen LogP contribution in [0.1, 0.15) is 10.5 Å². The third-order valence-corrected chi connectivity index (χ3v) is 2.91. The second-order valence-corrected chi connectivity index (χ2v) is 4.39. The van der Waals surface area contributed by atoms with Crippen LogP contribution < -0.4 is 11.1 Å². The van der Waals surface area contributed by atoms with Crippen LogP contribution >= 0.6 is 0 Å². The van der Waals surface area contributed by atoms with Crippen molar-refractivity contribution in [3.63, 3.8) is 0 Å². The van der Waals surface area contributed by atoms with E-state index in [4.69, 9.17) is 5.73 Å². The van der Waals surface area contributed by atoms with Gasteiger partial charge in [0.1, 0.15) is 5.82 Å². The largest absolute Gasteiger partial charge is 0.382 e. The molecule has 0 fully saturated rings. The Morgan fingerprint density at radius 1 is 0.955 bits per heavy atom. The predicted octanol–water partition coefficient (Wildman–Crippen LogP) is 1.77. The first kappa shape index (κ1) is 13.6. The molecule has 1 amide bonds. The number of amides is 1. The van der Waals surface area contributed by atoms with E-state index >= 15 is 0 Å². The van der Waals surface area contributed by atoms with E-state index in [1.807, 2.05) is 24.3 Å². The van der Waals surface area contributed by atoms with Crippen molar-refractivity contribution in [3.05, 3.63) is 60.8 Å². The standard InChI is InChI=1S/C15H12N6O/c16-14-13(18-7-8-19-14)15(22)21-12-5-4-10(9-20-12)11-3-1-2-6-17-11/h1-9H,(H2,16,19)(H,20,21,22). The minimum absolute atomic E-state index is 0.0677. The Morgan fingerprint density at radius 2 is 1.82 bits per heavy atom. The van der Waals surface area contributed by atoms with Gasteiger partial charge in [-0.3, -0.25) is 9.78 Å². The van der Waals surface area contributed by atoms with E-state index in [1.165, 1.54) is 12.4 Å². The molecule has 0 aliphatic rings. The second-order valence-electron chi connectivity index (χ2n) is 4.39. The molecule has 3 aromatic rings. The lowest BCUT2D eigenvalue weighted by molar-refractivity contribution is 0.102. The molecule has 0 aromatic carbocycles. The van der Waals surface area contributed by atoms with Gasteiger partial charge in [0.15, 0.2) is 11.5 Å². The molecule has 0 unspecified atom stereocenters. The SMILES string of the molecule is Nc1nccnc1C(=O)Nc1ccc(-c2ccccn2)cn1. The van der Waals surface area contributed by atoms with Crippen molar-refractivity contribution in [3.8, 4) is 11.3 Å². The van der Waals surface area contributed by atoms with Crippen LogP contribution in [0.15, 0.2) is 55.1 Å². The molecule has 0 aliphatic carbocycles. The van der Waals surface area contributed by atoms with Crippen molar-refractivity contribution >= 4 is 17.5 Å². The van der Waals surface area contributed by atoms with Crippen molar-refractivity contribution in [2.24, 2.45) is 0 Å². The number of hydrogen-bond donors (Lipinski definition) is 2. The zero-order valence-electron chi connectivity index (χ0n) is 11.5. The highest BCUT2D eigenvalue weighted by atomic mass is 16.2. The summed E-state index contributed by atoms with van der Waals surface area (Å²) in [6, 6.07) is 9.14. The van der Waals surface area contributed by atoms with Gasteiger partial charge in [0.2, 0.25) is 0 Å². The Balaban J connectivity index is 1.77. The molecule has 0 atom stereocenters. The average Bonchev–Trinajstić information content (AvgIpc) is 2.57. The fourth-order valence-corrected chi connectivity index (χ4v) is 1.85. The van der Waals surface area contributed by atoms with E-state index < -0.39 is 5.91 Å². The first-order valence-electron chi connectivity index (χ1n) is 6.49. The molecule has 0 saturated carbocycles. The van der Waals surface area contributed by atoms with E-state index in [-0.39, 0.29) is 11.5 Å². The van der Waals surface area contributed by atoms with Crippen LogP contribution in [0.2, 0.25) is 0 Å². The third-order valence-electron chi connectivity index (χ3n) is 2.91. The molecule has 7 heteroatoms. The van der Waals surface area contributed by atoms with E-state index in [2.05, 4.69) is 25.3 Å². The number of hydrogen-bond acceptors (Lipinski definition) is 6. The van der Waals surface area contributed by atoms with Crippen LogP contribution in [-0.2, 0) is 0 Å². The third kappa shape index (κ3) is 2.88. The molecule has 3 rings (SSSR count). The number of aromatic nitrogens is 4. The summed E-state index contributed by atoms with van der Waals surface area (Å²) < 4.78 is 0. The Kier molecular flexibility index (Phi) is 3.69. The monoisotopic (exact) mass is 292 g/mol. The number of nitrogens with zero attached hydrogens (tertiary/aromatic N) is 4. The number of anilines is 2. The van der Waals surface area contributed by atoms with Gasteiger partial charge in [-0.1, -0.05) is 6.07 Å². The number of nitrogens with one attached hydrogen (secondary N) is 1. The van der Waals surface area contributed by atoms with E-state index in [9.17, 15) is 4.79 Å². The van der Waals surface area contributed by atoms with Crippen molar-refractivity contribution in [2.75, 3.05) is 11.1 Å². The van der Waals surface area contributed by atoms with Gasteiger partial charge < -0.3 is 11.1 Å². The molecular formula is C15H12N6O. The summed E-state index contributed by atoms with van der Waals surface area (Å²) in [5.41, 5.74) is 7.35. The van der Waals surface area contributed by atoms with Crippen molar-refractivity contribution in [1.82, 2.24) is 19.9 Å². The van der Waals surface area contributed by atoms with E-state index in [0.29, 0.717) is 5.82 Å². The average molecular weight is 292 g/mol. The number of nitrogen functional groups attached to an aromatic ring is 1. The molecular weight excluding hydrogens is 280 g/mol. The molecule has 7 nitrogen and oxygen atoms in total. The van der Waals surface area contributed by atoms with Crippen LogP contribution in [0.3, 0.4) is 0 Å². The number of carbonyl (C=O) groups is 1. The summed E-state index contributed by atoms with van der Waals surface area (Å²) in [5, 5.41) is 2.62. The Morgan fingerprint density at radius 3 is 2.50 bits per heavy atom. The maximum absolute atomic E-state index is 12.0. The Labute approximate surface area is 126 Å². The van der Waals surface area contributed by atoms with Crippen molar-refractivity contribution < 1.29 is 4.79 Å². The van der Waals surface area contributed by atoms with Crippen LogP contribution in [0.5, 0.6) is 0 Å². The van der Waals surface area contributed by atoms with Gasteiger partial charge in [-0.05, 0) is 24.3 Å². The summed E-state index contributed by atoms with van der Waals surface area (Å²) in [4.78, 5) is 28.2. The summed E-state index contributed by atoms with van der Waals surface area (Å²) in [6.07, 6.45) is 6.18. The smallest absolute Gasteiger partial charge is 0.279 e. The first-order chi connectivity index (χ1) is 10.7. The molecule has 0 saturated heterocycles. The number of nitrogens with two attached hydrogens (primary N) is 1. The molecule has 0 bridgehead atoms. The number of pyridine rings is 2. The highest BCUT2D eigenvalue weighted by Crippen LogP contribution is 2.17. The molecule has 0 radical (unpaired) electrons. The lowest BCUT2D eigenvalue weighted by atomic mass is 10.2. The molecule has 3 N–H and O–H groups in total. The molecule has 3 aromatic heterocycles. The maximum atomic E-state index is 12.0. The fourth-order valence-electron chi connectivity index (χ4n) is 1.85. The summed E-state index contributed by atoms with van der Waals surface area (Å²) >= 11 is 0. The van der Waals surface area contributed by atoms with Gasteiger partial charge in [0, 0.05) is 30.4 Å². The molecule has 0 aliphatic heterocycles. The minimum Gasteiger partial charge on any atom is -0.382 e. The minimum atomic E-state index is -0.455. The Bertz CT molecular complexity index is 789. The highest BCUT2D eigenvalue weighted by molar-refractivity contribution is 6.05. The van der Waals surface area contributed by atoms with Gasteiger partial charge in [0.25, 0.3) is 5.91 Å². The van der Waals surface area contributed by atoms with Gasteiger partial charge in [-0.2, -0.15) is 0 Å². The second kappa shape index (κ2) is 5.96. The van der Waals surface area contributed by atoms with Gasteiger partial charge in [-0.15, -0.1) is 0 Å². The summed E-state index contributed by atoms with van der Waals surface area (Å²) in [7, 11) is 0. The molecule has 3 heterocycles. The van der Waals surface area contributed by atoms with Crippen molar-refractivity contribution in [2.45, 2.75) is 0 Å². The lowest BCUT2D eigenvalue weighted by Crippen LogP contribution is -2.17. The first-order valence-corrected chi connectivity index (χ1v) is 6.49. The van der Waals surface area contributed by atoms with Crippen LogP contribution in [0.4, 0.5) is 11.6 Å². The van der Waals surface area contributed by atoms with Crippen LogP contribution in [-0.4, -0.2) is 25.8 Å². The quantitative estimate of drug-likeness (QED) is 0.762. The topological polar surface area (TPSA) is 107 Å². The van der Waals surface area contributed by atoms with Crippen LogP contribution in [0, 0.1) is 0 Å². The van der Waals surface area contributed by atoms with Gasteiger partial charge >= 0.3 is 0 Å². The van der Waals surface area contributed by atoms with E-state index in [1.54, 1.807) is 18.5 Å². The fraction of sp³-hybridized carbons (Fsp3) is 0. The zero-order chi connectivity index (χ0) is 15.4. The Hall–Kier alpha value is -3.35. The maximum Gasteiger partial charge on any atom is 0.279 e. The zero-order valence-corrected chi connectivity index (χ0v) is 11.5. The number of carbonyl (C=O) groups excluding carboxylic acids is 1. The van der Waals surface area contributed by atoms with E-state index in [0.717, 1.165) is 11.3 Å². The normalized spacial score (nSPS) is 10.2. The van der Waals surface area contributed by atoms with Gasteiger partial charge in [0.05, 0.1) is 5.69 Å². The predicted molar refractivity (Wildman–Crippen MR) is 81.9 cm³/mol. The molecule has 0 spiro atoms. The summed E-state index contributed by atoms with van der Waals surface area (Å²) in [5.74, 6) is 0.0172. The van der Waals surface area contributed by atoms with Gasteiger partial charge in [-0.25, -0.2) is 15.0 Å². The van der Waals surface area contributed by atoms with Crippen molar-refractivity contribution in [1.29, 1.82) is 0 Å². The van der Waals surface area contributed by atoms with Crippen LogP contribution in [0.25, 0.3) is 11.3 Å².